The maximum Gasteiger partial charge on any atom is 0.234 e. The van der Waals surface area contributed by atoms with Gasteiger partial charge in [-0.2, -0.15) is 0 Å². The average molecular weight is 93.5 g/mol. The number of carbonyl (C=O) groups excluding carboxylic acids is 1. The van der Waals surface area contributed by atoms with Crippen molar-refractivity contribution in [2.75, 3.05) is 7.05 Å². The van der Waals surface area contributed by atoms with Gasteiger partial charge in [-0.15, -0.1) is 12.4 Å². The molecule has 2 nitrogen and oxygen atoms in total. The van der Waals surface area contributed by atoms with Crippen molar-refractivity contribution >= 4 is 18.5 Å². The van der Waals surface area contributed by atoms with Crippen LogP contribution in [0.2, 0.25) is 0 Å². The highest BCUT2D eigenvalue weighted by Gasteiger charge is 1.29. The first-order valence-corrected chi connectivity index (χ1v) is 0.875. The summed E-state index contributed by atoms with van der Waals surface area (Å²) >= 11 is 0. The van der Waals surface area contributed by atoms with Crippen molar-refractivity contribution in [2.45, 2.75) is 0 Å². The quantitative estimate of drug-likeness (QED) is 0.314. The maximum absolute atomic E-state index is 8.88. The van der Waals surface area contributed by atoms with Crippen LogP contribution < -0.4 is 0 Å². The minimum absolute atomic E-state index is 0. The lowest BCUT2D eigenvalue weighted by Crippen LogP contribution is -1.38. The zero-order chi connectivity index (χ0) is 3.41. The van der Waals surface area contributed by atoms with Crippen molar-refractivity contribution < 1.29 is 4.79 Å². The van der Waals surface area contributed by atoms with Gasteiger partial charge in [0.25, 0.3) is 0 Å². The number of halogens is 1. The number of hydrogen-bond acceptors (Lipinski definition) is 2. The molecule has 0 aliphatic carbocycles. The first-order valence-electron chi connectivity index (χ1n) is 0.875. The molecule has 0 rings (SSSR count). The second kappa shape index (κ2) is 9.38. The molecule has 0 spiro atoms. The highest BCUT2D eigenvalue weighted by molar-refractivity contribution is 5.85. The van der Waals surface area contributed by atoms with Crippen molar-refractivity contribution in [3.05, 3.63) is 0 Å². The monoisotopic (exact) mass is 93.0 g/mol. The Morgan fingerprint density at radius 2 is 2.00 bits per heavy atom. The van der Waals surface area contributed by atoms with E-state index < -0.39 is 0 Å². The van der Waals surface area contributed by atoms with Crippen LogP contribution in [0.3, 0.4) is 0 Å². The van der Waals surface area contributed by atoms with E-state index in [1.54, 1.807) is 0 Å². The van der Waals surface area contributed by atoms with Gasteiger partial charge in [-0.05, 0) is 0 Å². The molecule has 0 atom stereocenters. The molecule has 30 valence electrons. The summed E-state index contributed by atoms with van der Waals surface area (Å²) in [5.41, 5.74) is 0. The van der Waals surface area contributed by atoms with E-state index in [-0.39, 0.29) is 12.4 Å². The van der Waals surface area contributed by atoms with E-state index in [9.17, 15) is 0 Å². The number of rotatable bonds is 0. The van der Waals surface area contributed by atoms with E-state index in [2.05, 4.69) is 4.99 Å². The lowest BCUT2D eigenvalue weighted by Gasteiger charge is -1.36. The van der Waals surface area contributed by atoms with Gasteiger partial charge in [0.2, 0.25) is 6.08 Å². The van der Waals surface area contributed by atoms with E-state index in [1.165, 1.54) is 13.1 Å². The minimum Gasteiger partial charge on any atom is -0.211 e. The van der Waals surface area contributed by atoms with Crippen LogP contribution in [0.25, 0.3) is 0 Å². The summed E-state index contributed by atoms with van der Waals surface area (Å²) in [5, 5.41) is 0. The Balaban J connectivity index is 0. The lowest BCUT2D eigenvalue weighted by molar-refractivity contribution is 0.564. The van der Waals surface area contributed by atoms with Gasteiger partial charge >= 0.3 is 0 Å². The van der Waals surface area contributed by atoms with Crippen LogP contribution in [-0.2, 0) is 4.79 Å². The Kier molecular flexibility index (Phi) is 16.6. The Morgan fingerprint density at radius 1 is 1.80 bits per heavy atom. The molecule has 0 fully saturated rings. The van der Waals surface area contributed by atoms with E-state index in [0.29, 0.717) is 0 Å². The third-order valence-electron chi connectivity index (χ3n) is 0.0913. The second-order valence-electron chi connectivity index (χ2n) is 0.315. The third kappa shape index (κ3) is 22.8. The smallest absolute Gasteiger partial charge is 0.211 e. The van der Waals surface area contributed by atoms with Crippen molar-refractivity contribution in [3.8, 4) is 0 Å². The Labute approximate surface area is 36.3 Å². The molecule has 3 heteroatoms. The van der Waals surface area contributed by atoms with Crippen molar-refractivity contribution in [2.24, 2.45) is 4.99 Å². The first-order chi connectivity index (χ1) is 1.91. The van der Waals surface area contributed by atoms with Crippen LogP contribution >= 0.6 is 12.4 Å². The standard InChI is InChI=1S/C2H3NO.ClH/c1-3-2-4;/h1H3;1H. The van der Waals surface area contributed by atoms with Gasteiger partial charge in [-0.3, -0.25) is 0 Å². The Hall–Kier alpha value is -0.330. The zero-order valence-corrected chi connectivity index (χ0v) is 3.58. The molecule has 0 heterocycles. The highest BCUT2D eigenvalue weighted by atomic mass is 35.5. The summed E-state index contributed by atoms with van der Waals surface area (Å²) in [7, 11) is 1.38. The molecule has 0 radical (unpaired) electrons. The van der Waals surface area contributed by atoms with Gasteiger partial charge in [0.15, 0.2) is 0 Å². The summed E-state index contributed by atoms with van der Waals surface area (Å²) in [6, 6.07) is 0. The predicted octanol–water partition coefficient (Wildman–Crippen LogP) is 0.374. The summed E-state index contributed by atoms with van der Waals surface area (Å²) in [5.74, 6) is 0. The number of hydrogen-bond donors (Lipinski definition) is 0. The molecule has 0 aromatic rings. The Bertz CT molecular complexity index is 47.6. The largest absolute Gasteiger partial charge is 0.234 e. The maximum atomic E-state index is 8.88. The highest BCUT2D eigenvalue weighted by Crippen LogP contribution is 1.28. The molecule has 0 aromatic carbocycles. The fraction of sp³-hybridized carbons (Fsp3) is 0.500. The van der Waals surface area contributed by atoms with Crippen LogP contribution in [0.5, 0.6) is 0 Å². The minimum atomic E-state index is 0. The number of aliphatic imine (C=N–C) groups is 1. The predicted molar refractivity (Wildman–Crippen MR) is 21.3 cm³/mol. The SMILES string of the molecule is CN=C=O.Cl. The van der Waals surface area contributed by atoms with Crippen LogP contribution in [0.15, 0.2) is 4.99 Å². The van der Waals surface area contributed by atoms with E-state index in [0.717, 1.165) is 0 Å². The summed E-state index contributed by atoms with van der Waals surface area (Å²) < 4.78 is 0. The van der Waals surface area contributed by atoms with Crippen molar-refractivity contribution in [3.63, 3.8) is 0 Å². The fourth-order valence-corrected chi connectivity index (χ4v) is 0. The fourth-order valence-electron chi connectivity index (χ4n) is 0. The van der Waals surface area contributed by atoms with Crippen LogP contribution in [0.4, 0.5) is 0 Å². The summed E-state index contributed by atoms with van der Waals surface area (Å²) in [6.07, 6.45) is 1.31. The molecule has 0 amide bonds. The van der Waals surface area contributed by atoms with E-state index in [1.807, 2.05) is 0 Å². The molecule has 0 unspecified atom stereocenters. The number of isocyanates is 1. The van der Waals surface area contributed by atoms with Crippen molar-refractivity contribution in [1.82, 2.24) is 0 Å². The summed E-state index contributed by atoms with van der Waals surface area (Å²) in [4.78, 5) is 11.8. The number of nitrogens with zero attached hydrogens (tertiary/aromatic N) is 1. The zero-order valence-electron chi connectivity index (χ0n) is 2.76. The molecule has 0 saturated heterocycles. The van der Waals surface area contributed by atoms with E-state index in [4.69, 9.17) is 4.79 Å². The van der Waals surface area contributed by atoms with Gasteiger partial charge in [-0.1, -0.05) is 0 Å². The molecule has 0 aliphatic rings. The topological polar surface area (TPSA) is 29.4 Å². The average Bonchev–Trinajstić information content (AvgIpc) is 1.37. The molecule has 0 N–H and O–H groups in total. The lowest BCUT2D eigenvalue weighted by atomic mass is 11.4. The summed E-state index contributed by atoms with van der Waals surface area (Å²) in [6.45, 7) is 0. The molecule has 0 bridgehead atoms. The van der Waals surface area contributed by atoms with Gasteiger partial charge in [0.05, 0.1) is 0 Å². The van der Waals surface area contributed by atoms with Gasteiger partial charge in [-0.25, -0.2) is 9.79 Å². The molecular formula is C2H4ClNO. The molecule has 5 heavy (non-hydrogen) atoms. The first kappa shape index (κ1) is 8.82. The molecule has 0 aromatic heterocycles. The second-order valence-corrected chi connectivity index (χ2v) is 0.315. The molecule has 0 aliphatic heterocycles. The normalized spacial score (nSPS) is 3.40. The van der Waals surface area contributed by atoms with Gasteiger partial charge in [0, 0.05) is 7.05 Å². The third-order valence-corrected chi connectivity index (χ3v) is 0.0913. The van der Waals surface area contributed by atoms with Gasteiger partial charge in [0.1, 0.15) is 0 Å². The molecular weight excluding hydrogens is 89.5 g/mol. The van der Waals surface area contributed by atoms with Crippen LogP contribution in [0, 0.1) is 0 Å². The Morgan fingerprint density at radius 3 is 2.00 bits per heavy atom. The molecule has 0 saturated carbocycles. The van der Waals surface area contributed by atoms with E-state index >= 15 is 0 Å². The van der Waals surface area contributed by atoms with Crippen LogP contribution in [0.1, 0.15) is 0 Å². The van der Waals surface area contributed by atoms with Gasteiger partial charge < -0.3 is 0 Å². The van der Waals surface area contributed by atoms with Crippen molar-refractivity contribution in [1.29, 1.82) is 0 Å². The van der Waals surface area contributed by atoms with Crippen LogP contribution in [-0.4, -0.2) is 13.1 Å².